The van der Waals surface area contributed by atoms with Gasteiger partial charge in [0.25, 0.3) is 0 Å². The van der Waals surface area contributed by atoms with E-state index in [1.165, 1.54) is 6.92 Å². The summed E-state index contributed by atoms with van der Waals surface area (Å²) in [6, 6.07) is 7.02. The van der Waals surface area contributed by atoms with Crippen LogP contribution in [0.3, 0.4) is 0 Å². The molecule has 0 saturated carbocycles. The van der Waals surface area contributed by atoms with Crippen molar-refractivity contribution in [2.45, 2.75) is 46.4 Å². The summed E-state index contributed by atoms with van der Waals surface area (Å²) in [5.74, 6) is 0.382. The minimum Gasteiger partial charge on any atom is -0.491 e. The Morgan fingerprint density at radius 2 is 1.75 bits per heavy atom. The zero-order valence-electron chi connectivity index (χ0n) is 12.4. The summed E-state index contributed by atoms with van der Waals surface area (Å²) in [7, 11) is 0. The third-order valence-electron chi connectivity index (χ3n) is 2.57. The Kier molecular flexibility index (Phi) is 6.03. The lowest BCUT2D eigenvalue weighted by Crippen LogP contribution is -2.43. The van der Waals surface area contributed by atoms with Crippen molar-refractivity contribution in [3.63, 3.8) is 0 Å². The second-order valence-corrected chi connectivity index (χ2v) is 4.95. The van der Waals surface area contributed by atoms with Gasteiger partial charge in [0.2, 0.25) is 11.8 Å². The molecule has 0 spiro atoms. The van der Waals surface area contributed by atoms with Gasteiger partial charge >= 0.3 is 0 Å². The van der Waals surface area contributed by atoms with Crippen molar-refractivity contribution in [3.8, 4) is 5.75 Å². The number of amides is 2. The van der Waals surface area contributed by atoms with Gasteiger partial charge in [-0.3, -0.25) is 9.59 Å². The fourth-order valence-electron chi connectivity index (χ4n) is 1.67. The second-order valence-electron chi connectivity index (χ2n) is 4.95. The lowest BCUT2D eigenvalue weighted by molar-refractivity contribution is -0.127. The van der Waals surface area contributed by atoms with Crippen molar-refractivity contribution in [3.05, 3.63) is 29.8 Å². The zero-order valence-corrected chi connectivity index (χ0v) is 12.4. The topological polar surface area (TPSA) is 67.4 Å². The highest BCUT2D eigenvalue weighted by molar-refractivity contribution is 5.86. The molecule has 0 aliphatic rings. The minimum absolute atomic E-state index is 0.138. The van der Waals surface area contributed by atoms with Crippen LogP contribution in [0.15, 0.2) is 24.3 Å². The number of benzene rings is 1. The molecule has 110 valence electrons. The first-order valence-electron chi connectivity index (χ1n) is 6.69. The van der Waals surface area contributed by atoms with Crippen LogP contribution >= 0.6 is 0 Å². The van der Waals surface area contributed by atoms with E-state index in [1.807, 2.05) is 38.1 Å². The third kappa shape index (κ3) is 5.73. The predicted molar refractivity (Wildman–Crippen MR) is 77.3 cm³/mol. The molecular weight excluding hydrogens is 256 g/mol. The molecule has 0 radical (unpaired) electrons. The van der Waals surface area contributed by atoms with E-state index in [2.05, 4.69) is 10.6 Å². The first-order chi connectivity index (χ1) is 9.38. The maximum Gasteiger partial charge on any atom is 0.242 e. The van der Waals surface area contributed by atoms with Gasteiger partial charge in [0.05, 0.1) is 6.10 Å². The molecule has 2 N–H and O–H groups in total. The number of carbonyl (C=O) groups is 2. The van der Waals surface area contributed by atoms with Gasteiger partial charge in [0, 0.05) is 13.5 Å². The fraction of sp³-hybridized carbons (Fsp3) is 0.467. The SMILES string of the molecule is CC(=O)NC(C)C(=O)NCc1ccc(OC(C)C)cc1. The van der Waals surface area contributed by atoms with E-state index in [9.17, 15) is 9.59 Å². The summed E-state index contributed by atoms with van der Waals surface area (Å²) in [5.41, 5.74) is 0.976. The van der Waals surface area contributed by atoms with E-state index in [1.54, 1.807) is 6.92 Å². The molecule has 1 unspecified atom stereocenters. The molecule has 0 fully saturated rings. The quantitative estimate of drug-likeness (QED) is 0.831. The molecule has 0 heterocycles. The first kappa shape index (κ1) is 16.0. The monoisotopic (exact) mass is 278 g/mol. The Labute approximate surface area is 119 Å². The summed E-state index contributed by atoms with van der Waals surface area (Å²) in [4.78, 5) is 22.6. The Hall–Kier alpha value is -2.04. The number of hydrogen-bond donors (Lipinski definition) is 2. The van der Waals surface area contributed by atoms with E-state index in [0.29, 0.717) is 6.54 Å². The summed E-state index contributed by atoms with van der Waals surface area (Å²) in [6.45, 7) is 7.40. The standard InChI is InChI=1S/C15H22N2O3/c1-10(2)20-14-7-5-13(6-8-14)9-16-15(19)11(3)17-12(4)18/h5-8,10-11H,9H2,1-4H3,(H,16,19)(H,17,18). The molecule has 0 aliphatic heterocycles. The summed E-state index contributed by atoms with van der Waals surface area (Å²) >= 11 is 0. The molecule has 5 heteroatoms. The van der Waals surface area contributed by atoms with Crippen molar-refractivity contribution in [2.24, 2.45) is 0 Å². The molecule has 0 bridgehead atoms. The molecule has 5 nitrogen and oxygen atoms in total. The van der Waals surface area contributed by atoms with Gasteiger partial charge in [0.1, 0.15) is 11.8 Å². The van der Waals surface area contributed by atoms with Crippen LogP contribution in [0.5, 0.6) is 5.75 Å². The van der Waals surface area contributed by atoms with Crippen LogP contribution in [0.1, 0.15) is 33.3 Å². The molecule has 2 amide bonds. The number of rotatable bonds is 6. The average Bonchev–Trinajstić information content (AvgIpc) is 2.36. The van der Waals surface area contributed by atoms with Gasteiger partial charge in [-0.15, -0.1) is 0 Å². The predicted octanol–water partition coefficient (Wildman–Crippen LogP) is 1.61. The smallest absolute Gasteiger partial charge is 0.242 e. The first-order valence-corrected chi connectivity index (χ1v) is 6.69. The molecule has 0 aliphatic carbocycles. The average molecular weight is 278 g/mol. The lowest BCUT2D eigenvalue weighted by atomic mass is 10.2. The second kappa shape index (κ2) is 7.53. The van der Waals surface area contributed by atoms with Gasteiger partial charge in [-0.1, -0.05) is 12.1 Å². The van der Waals surface area contributed by atoms with Crippen molar-refractivity contribution in [1.82, 2.24) is 10.6 Å². The Morgan fingerprint density at radius 3 is 2.25 bits per heavy atom. The van der Waals surface area contributed by atoms with Crippen LogP contribution in [-0.4, -0.2) is 24.0 Å². The maximum absolute atomic E-state index is 11.7. The van der Waals surface area contributed by atoms with Crippen molar-refractivity contribution >= 4 is 11.8 Å². The molecule has 1 aromatic rings. The Morgan fingerprint density at radius 1 is 1.15 bits per heavy atom. The highest BCUT2D eigenvalue weighted by atomic mass is 16.5. The highest BCUT2D eigenvalue weighted by Gasteiger charge is 2.12. The number of hydrogen-bond acceptors (Lipinski definition) is 3. The highest BCUT2D eigenvalue weighted by Crippen LogP contribution is 2.13. The molecule has 1 atom stereocenters. The van der Waals surface area contributed by atoms with Crippen molar-refractivity contribution in [1.29, 1.82) is 0 Å². The van der Waals surface area contributed by atoms with Gasteiger partial charge < -0.3 is 15.4 Å². The Bertz CT molecular complexity index is 455. The zero-order chi connectivity index (χ0) is 15.1. The van der Waals surface area contributed by atoms with Crippen LogP contribution in [0.25, 0.3) is 0 Å². The van der Waals surface area contributed by atoms with Crippen LogP contribution in [0, 0.1) is 0 Å². The van der Waals surface area contributed by atoms with E-state index in [-0.39, 0.29) is 17.9 Å². The molecule has 0 saturated heterocycles. The molecule has 1 rings (SSSR count). The molecule has 20 heavy (non-hydrogen) atoms. The summed E-state index contributed by atoms with van der Waals surface area (Å²) < 4.78 is 5.54. The number of nitrogens with one attached hydrogen (secondary N) is 2. The van der Waals surface area contributed by atoms with E-state index in [0.717, 1.165) is 11.3 Å². The van der Waals surface area contributed by atoms with Gasteiger partial charge in [-0.25, -0.2) is 0 Å². The summed E-state index contributed by atoms with van der Waals surface area (Å²) in [6.07, 6.45) is 0.138. The van der Waals surface area contributed by atoms with E-state index in [4.69, 9.17) is 4.74 Å². The van der Waals surface area contributed by atoms with Gasteiger partial charge in [-0.2, -0.15) is 0 Å². The van der Waals surface area contributed by atoms with E-state index >= 15 is 0 Å². The lowest BCUT2D eigenvalue weighted by Gasteiger charge is -2.13. The fourth-order valence-corrected chi connectivity index (χ4v) is 1.67. The van der Waals surface area contributed by atoms with Crippen LogP contribution in [0.2, 0.25) is 0 Å². The number of ether oxygens (including phenoxy) is 1. The largest absolute Gasteiger partial charge is 0.491 e. The van der Waals surface area contributed by atoms with Gasteiger partial charge in [0.15, 0.2) is 0 Å². The molecule has 1 aromatic carbocycles. The summed E-state index contributed by atoms with van der Waals surface area (Å²) in [5, 5.41) is 5.31. The number of carbonyl (C=O) groups excluding carboxylic acids is 2. The van der Waals surface area contributed by atoms with Crippen LogP contribution in [0.4, 0.5) is 0 Å². The minimum atomic E-state index is -0.531. The van der Waals surface area contributed by atoms with Crippen molar-refractivity contribution < 1.29 is 14.3 Å². The third-order valence-corrected chi connectivity index (χ3v) is 2.57. The molecule has 0 aromatic heterocycles. The van der Waals surface area contributed by atoms with Crippen molar-refractivity contribution in [2.75, 3.05) is 0 Å². The Balaban J connectivity index is 2.45. The van der Waals surface area contributed by atoms with Crippen LogP contribution < -0.4 is 15.4 Å². The van der Waals surface area contributed by atoms with Gasteiger partial charge in [-0.05, 0) is 38.5 Å². The maximum atomic E-state index is 11.7. The van der Waals surface area contributed by atoms with Crippen LogP contribution in [-0.2, 0) is 16.1 Å². The van der Waals surface area contributed by atoms with E-state index < -0.39 is 6.04 Å². The molecular formula is C15H22N2O3. The normalized spacial score (nSPS) is 11.8.